The second-order valence-electron chi connectivity index (χ2n) is 1.46. The van der Waals surface area contributed by atoms with Gasteiger partial charge in [0.25, 0.3) is 0 Å². The average Bonchev–Trinajstić information content (AvgIpc) is 1.64. The van der Waals surface area contributed by atoms with Crippen LogP contribution in [0.2, 0.25) is 0 Å². The molecule has 0 aliphatic rings. The van der Waals surface area contributed by atoms with Crippen molar-refractivity contribution < 1.29 is 19.4 Å². The van der Waals surface area contributed by atoms with Crippen LogP contribution in [0.25, 0.3) is 0 Å². The van der Waals surface area contributed by atoms with Crippen molar-refractivity contribution in [1.82, 2.24) is 0 Å². The van der Waals surface area contributed by atoms with Crippen molar-refractivity contribution in [2.45, 2.75) is 19.2 Å². The third-order valence-corrected chi connectivity index (χ3v) is 0.688. The van der Waals surface area contributed by atoms with Crippen molar-refractivity contribution in [1.29, 1.82) is 0 Å². The summed E-state index contributed by atoms with van der Waals surface area (Å²) in [5.41, 5.74) is 0. The standard InChI is InChI=1S/C4H7FO3/c1-2(5)3(6)4(7)8/h2-3,6H,1H3,(H,7,8). The molecule has 48 valence electrons. The highest BCUT2D eigenvalue weighted by Crippen LogP contribution is 1.95. The number of halogens is 1. The lowest BCUT2D eigenvalue weighted by Gasteiger charge is -2.03. The van der Waals surface area contributed by atoms with E-state index in [1.165, 1.54) is 0 Å². The Morgan fingerprint density at radius 1 is 1.75 bits per heavy atom. The Labute approximate surface area is 45.7 Å². The third kappa shape index (κ3) is 1.88. The zero-order valence-electron chi connectivity index (χ0n) is 4.34. The van der Waals surface area contributed by atoms with E-state index in [4.69, 9.17) is 10.2 Å². The second-order valence-corrected chi connectivity index (χ2v) is 1.46. The topological polar surface area (TPSA) is 57.5 Å². The summed E-state index contributed by atoms with van der Waals surface area (Å²) >= 11 is 0. The molecule has 2 N–H and O–H groups in total. The molecule has 0 spiro atoms. The van der Waals surface area contributed by atoms with Gasteiger partial charge in [0.15, 0.2) is 6.10 Å². The zero-order chi connectivity index (χ0) is 6.73. The first-order valence-corrected chi connectivity index (χ1v) is 2.10. The first kappa shape index (κ1) is 7.36. The monoisotopic (exact) mass is 122 g/mol. The Balaban J connectivity index is 3.64. The Morgan fingerprint density at radius 3 is 2.12 bits per heavy atom. The van der Waals surface area contributed by atoms with Crippen LogP contribution in [0.3, 0.4) is 0 Å². The molecule has 0 aliphatic carbocycles. The van der Waals surface area contributed by atoms with Crippen LogP contribution in [0.5, 0.6) is 0 Å². The Bertz CT molecular complexity index is 91.3. The molecule has 2 unspecified atom stereocenters. The molecule has 0 aromatic carbocycles. The number of rotatable bonds is 2. The largest absolute Gasteiger partial charge is 0.479 e. The van der Waals surface area contributed by atoms with E-state index in [1.54, 1.807) is 0 Å². The molecule has 0 rings (SSSR count). The van der Waals surface area contributed by atoms with Crippen molar-refractivity contribution >= 4 is 5.97 Å². The lowest BCUT2D eigenvalue weighted by molar-refractivity contribution is -0.149. The number of hydrogen-bond donors (Lipinski definition) is 2. The number of aliphatic carboxylic acids is 1. The van der Waals surface area contributed by atoms with Gasteiger partial charge in [-0.1, -0.05) is 0 Å². The fourth-order valence-corrected chi connectivity index (χ4v) is 0.196. The highest BCUT2D eigenvalue weighted by atomic mass is 19.1. The quantitative estimate of drug-likeness (QED) is 0.532. The maximum absolute atomic E-state index is 11.7. The molecule has 3 nitrogen and oxygen atoms in total. The van der Waals surface area contributed by atoms with Gasteiger partial charge in [0, 0.05) is 0 Å². The van der Waals surface area contributed by atoms with Gasteiger partial charge < -0.3 is 10.2 Å². The summed E-state index contributed by atoms with van der Waals surface area (Å²) in [4.78, 5) is 9.65. The summed E-state index contributed by atoms with van der Waals surface area (Å²) < 4.78 is 11.7. The minimum atomic E-state index is -1.88. The van der Waals surface area contributed by atoms with Gasteiger partial charge in [-0.15, -0.1) is 0 Å². The maximum Gasteiger partial charge on any atom is 0.335 e. The molecule has 0 aromatic heterocycles. The van der Waals surface area contributed by atoms with Gasteiger partial charge in [-0.05, 0) is 6.92 Å². The number of aliphatic hydroxyl groups is 1. The molecule has 8 heavy (non-hydrogen) atoms. The molecule has 0 saturated heterocycles. The Morgan fingerprint density at radius 2 is 2.12 bits per heavy atom. The van der Waals surface area contributed by atoms with Crippen LogP contribution in [0.4, 0.5) is 4.39 Å². The van der Waals surface area contributed by atoms with Gasteiger partial charge in [-0.2, -0.15) is 0 Å². The van der Waals surface area contributed by atoms with E-state index in [0.717, 1.165) is 6.92 Å². The van der Waals surface area contributed by atoms with Crippen LogP contribution in [0.15, 0.2) is 0 Å². The van der Waals surface area contributed by atoms with Crippen molar-refractivity contribution in [3.63, 3.8) is 0 Å². The molecule has 0 heterocycles. The van der Waals surface area contributed by atoms with Crippen LogP contribution < -0.4 is 0 Å². The normalized spacial score (nSPS) is 17.4. The molecular weight excluding hydrogens is 115 g/mol. The van der Waals surface area contributed by atoms with Crippen LogP contribution in [-0.4, -0.2) is 28.5 Å². The fraction of sp³-hybridized carbons (Fsp3) is 0.750. The summed E-state index contributed by atoms with van der Waals surface area (Å²) in [6, 6.07) is 0. The molecule has 4 heteroatoms. The highest BCUT2D eigenvalue weighted by molar-refractivity contribution is 5.72. The highest BCUT2D eigenvalue weighted by Gasteiger charge is 2.19. The molecule has 0 bridgehead atoms. The summed E-state index contributed by atoms with van der Waals surface area (Å²) in [6.07, 6.45) is -3.58. The zero-order valence-corrected chi connectivity index (χ0v) is 4.34. The molecule has 0 radical (unpaired) electrons. The number of aliphatic hydroxyl groups excluding tert-OH is 1. The smallest absolute Gasteiger partial charge is 0.335 e. The fourth-order valence-electron chi connectivity index (χ4n) is 0.196. The number of carboxylic acid groups (broad SMARTS) is 1. The van der Waals surface area contributed by atoms with Gasteiger partial charge in [-0.3, -0.25) is 0 Å². The van der Waals surface area contributed by atoms with E-state index in [2.05, 4.69) is 0 Å². The Kier molecular flexibility index (Phi) is 2.41. The van der Waals surface area contributed by atoms with Crippen molar-refractivity contribution in [3.8, 4) is 0 Å². The molecule has 0 amide bonds. The van der Waals surface area contributed by atoms with E-state index in [-0.39, 0.29) is 0 Å². The summed E-state index contributed by atoms with van der Waals surface area (Å²) in [7, 11) is 0. The molecule has 2 atom stereocenters. The molecule has 0 saturated carbocycles. The first-order chi connectivity index (χ1) is 3.55. The molecular formula is C4H7FO3. The number of alkyl halides is 1. The van der Waals surface area contributed by atoms with Gasteiger partial charge in [0.1, 0.15) is 6.17 Å². The van der Waals surface area contributed by atoms with Gasteiger partial charge in [0.05, 0.1) is 0 Å². The third-order valence-electron chi connectivity index (χ3n) is 0.688. The number of hydrogen-bond acceptors (Lipinski definition) is 2. The molecule has 0 aromatic rings. The van der Waals surface area contributed by atoms with E-state index in [9.17, 15) is 9.18 Å². The van der Waals surface area contributed by atoms with E-state index >= 15 is 0 Å². The first-order valence-electron chi connectivity index (χ1n) is 2.10. The summed E-state index contributed by atoms with van der Waals surface area (Å²) in [6.45, 7) is 0.985. The van der Waals surface area contributed by atoms with Gasteiger partial charge in [-0.25, -0.2) is 9.18 Å². The summed E-state index contributed by atoms with van der Waals surface area (Å²) in [5, 5.41) is 16.1. The van der Waals surface area contributed by atoms with Gasteiger partial charge >= 0.3 is 5.97 Å². The minimum absolute atomic E-state index is 0.985. The van der Waals surface area contributed by atoms with Gasteiger partial charge in [0.2, 0.25) is 0 Å². The number of carbonyl (C=O) groups is 1. The van der Waals surface area contributed by atoms with Crippen LogP contribution >= 0.6 is 0 Å². The van der Waals surface area contributed by atoms with Crippen molar-refractivity contribution in [3.05, 3.63) is 0 Å². The molecule has 0 fully saturated rings. The maximum atomic E-state index is 11.7. The predicted octanol–water partition coefficient (Wildman–Crippen LogP) is -0.210. The van der Waals surface area contributed by atoms with Crippen LogP contribution in [0.1, 0.15) is 6.92 Å². The van der Waals surface area contributed by atoms with E-state index < -0.39 is 18.2 Å². The second kappa shape index (κ2) is 2.61. The SMILES string of the molecule is CC(F)C(O)C(=O)O. The van der Waals surface area contributed by atoms with E-state index in [0.29, 0.717) is 0 Å². The molecule has 0 aliphatic heterocycles. The Hall–Kier alpha value is -0.640. The lowest BCUT2D eigenvalue weighted by Crippen LogP contribution is -2.28. The number of carboxylic acids is 1. The van der Waals surface area contributed by atoms with Crippen LogP contribution in [0, 0.1) is 0 Å². The lowest BCUT2D eigenvalue weighted by atomic mass is 10.2. The van der Waals surface area contributed by atoms with E-state index in [1.807, 2.05) is 0 Å². The predicted molar refractivity (Wildman–Crippen MR) is 24.2 cm³/mol. The minimum Gasteiger partial charge on any atom is -0.479 e. The summed E-state index contributed by atoms with van der Waals surface area (Å²) in [5.74, 6) is -1.53. The van der Waals surface area contributed by atoms with Crippen molar-refractivity contribution in [2.24, 2.45) is 0 Å². The van der Waals surface area contributed by atoms with Crippen molar-refractivity contribution in [2.75, 3.05) is 0 Å². The van der Waals surface area contributed by atoms with Crippen LogP contribution in [-0.2, 0) is 4.79 Å². The average molecular weight is 122 g/mol.